The molecule has 24 heavy (non-hydrogen) atoms. The van der Waals surface area contributed by atoms with Crippen molar-refractivity contribution in [2.75, 3.05) is 4.72 Å². The molecule has 0 aliphatic heterocycles. The van der Waals surface area contributed by atoms with Gasteiger partial charge in [-0.3, -0.25) is 4.72 Å². The lowest BCUT2D eigenvalue weighted by Gasteiger charge is -2.08. The number of benzene rings is 2. The summed E-state index contributed by atoms with van der Waals surface area (Å²) < 4.78 is 66.4. The summed E-state index contributed by atoms with van der Waals surface area (Å²) >= 11 is 1.29. The average Bonchev–Trinajstić information content (AvgIpc) is 3.01. The predicted molar refractivity (Wildman–Crippen MR) is 86.9 cm³/mol. The molecule has 3 aromatic rings. The number of sulfonamides is 1. The van der Waals surface area contributed by atoms with Crippen molar-refractivity contribution in [2.24, 2.45) is 0 Å². The Balaban J connectivity index is 1.91. The first kappa shape index (κ1) is 16.5. The Bertz CT molecular complexity index is 986. The highest BCUT2D eigenvalue weighted by atomic mass is 32.2. The van der Waals surface area contributed by atoms with E-state index in [1.165, 1.54) is 16.7 Å². The van der Waals surface area contributed by atoms with Crippen LogP contribution in [0.1, 0.15) is 0 Å². The molecule has 0 saturated carbocycles. The predicted octanol–water partition coefficient (Wildman–Crippen LogP) is 4.63. The number of nitrogens with one attached hydrogen (secondary N) is 1. The van der Waals surface area contributed by atoms with Crippen LogP contribution in [0.4, 0.5) is 18.9 Å². The number of rotatable bonds is 4. The smallest absolute Gasteiger partial charge is 0.264 e. The van der Waals surface area contributed by atoms with Crippen molar-refractivity contribution in [3.63, 3.8) is 0 Å². The molecule has 0 aliphatic carbocycles. The van der Waals surface area contributed by atoms with Crippen molar-refractivity contribution in [3.8, 4) is 10.4 Å². The van der Waals surface area contributed by atoms with Crippen molar-refractivity contribution in [1.29, 1.82) is 0 Å². The van der Waals surface area contributed by atoms with Crippen molar-refractivity contribution in [3.05, 3.63) is 71.4 Å². The standard InChI is InChI=1S/C16H10F3NO2S2/c17-12-6-7-14(16(19)15(12)18)24(21,22)20-11-8-13(23-9-11)10-4-2-1-3-5-10/h1-9,20H. The van der Waals surface area contributed by atoms with Crippen LogP contribution in [-0.2, 0) is 10.0 Å². The van der Waals surface area contributed by atoms with Gasteiger partial charge >= 0.3 is 0 Å². The molecule has 3 nitrogen and oxygen atoms in total. The van der Waals surface area contributed by atoms with Crippen LogP contribution >= 0.6 is 11.3 Å². The second kappa shape index (κ2) is 6.29. The van der Waals surface area contributed by atoms with Crippen molar-refractivity contribution in [2.45, 2.75) is 4.90 Å². The number of thiophene rings is 1. The maximum Gasteiger partial charge on any atom is 0.264 e. The van der Waals surface area contributed by atoms with Crippen LogP contribution < -0.4 is 4.72 Å². The molecule has 0 aliphatic rings. The van der Waals surface area contributed by atoms with Gasteiger partial charge in [0.2, 0.25) is 0 Å². The second-order valence-corrected chi connectivity index (χ2v) is 7.41. The van der Waals surface area contributed by atoms with Crippen LogP contribution in [0.25, 0.3) is 10.4 Å². The molecule has 3 rings (SSSR count). The van der Waals surface area contributed by atoms with E-state index in [0.29, 0.717) is 12.1 Å². The number of hydrogen-bond donors (Lipinski definition) is 1. The van der Waals surface area contributed by atoms with Crippen LogP contribution in [0.15, 0.2) is 58.8 Å². The van der Waals surface area contributed by atoms with Gasteiger partial charge in [0.05, 0.1) is 5.69 Å². The van der Waals surface area contributed by atoms with E-state index in [2.05, 4.69) is 4.72 Å². The SMILES string of the molecule is O=S(=O)(Nc1csc(-c2ccccc2)c1)c1ccc(F)c(F)c1F. The summed E-state index contributed by atoms with van der Waals surface area (Å²) in [4.78, 5) is -0.145. The van der Waals surface area contributed by atoms with Crippen LogP contribution in [0.5, 0.6) is 0 Å². The molecule has 1 N–H and O–H groups in total. The minimum atomic E-state index is -4.38. The third-order valence-electron chi connectivity index (χ3n) is 3.20. The third-order valence-corrected chi connectivity index (χ3v) is 5.58. The molecule has 0 radical (unpaired) electrons. The summed E-state index contributed by atoms with van der Waals surface area (Å²) in [6, 6.07) is 12.1. The van der Waals surface area contributed by atoms with Crippen molar-refractivity contribution < 1.29 is 21.6 Å². The zero-order chi connectivity index (χ0) is 17.3. The maximum atomic E-state index is 13.7. The van der Waals surface area contributed by atoms with Crippen LogP contribution in [0.2, 0.25) is 0 Å². The third kappa shape index (κ3) is 3.15. The zero-order valence-electron chi connectivity index (χ0n) is 12.0. The van der Waals surface area contributed by atoms with Crippen LogP contribution in [-0.4, -0.2) is 8.42 Å². The second-order valence-electron chi connectivity index (χ2n) is 4.84. The lowest BCUT2D eigenvalue weighted by molar-refractivity contribution is 0.432. The molecule has 0 fully saturated rings. The Morgan fingerprint density at radius 1 is 0.917 bits per heavy atom. The van der Waals surface area contributed by atoms with Crippen molar-refractivity contribution in [1.82, 2.24) is 0 Å². The summed E-state index contributed by atoms with van der Waals surface area (Å²) in [5.41, 5.74) is 1.11. The number of hydrogen-bond acceptors (Lipinski definition) is 3. The van der Waals surface area contributed by atoms with Gasteiger partial charge in [0.1, 0.15) is 4.90 Å². The van der Waals surface area contributed by atoms with Gasteiger partial charge in [0.15, 0.2) is 17.5 Å². The highest BCUT2D eigenvalue weighted by molar-refractivity contribution is 7.92. The van der Waals surface area contributed by atoms with Gasteiger partial charge in [-0.1, -0.05) is 30.3 Å². The molecule has 1 heterocycles. The van der Waals surface area contributed by atoms with Crippen molar-refractivity contribution >= 4 is 27.0 Å². The van der Waals surface area contributed by atoms with Gasteiger partial charge in [0, 0.05) is 10.3 Å². The number of halogens is 3. The van der Waals surface area contributed by atoms with E-state index >= 15 is 0 Å². The van der Waals surface area contributed by atoms with Gasteiger partial charge in [-0.05, 0) is 23.8 Å². The fourth-order valence-electron chi connectivity index (χ4n) is 2.07. The minimum Gasteiger partial charge on any atom is -0.279 e. The van der Waals surface area contributed by atoms with Gasteiger partial charge in [-0.25, -0.2) is 21.6 Å². The molecule has 0 amide bonds. The van der Waals surface area contributed by atoms with E-state index in [1.54, 1.807) is 6.07 Å². The Morgan fingerprint density at radius 2 is 1.62 bits per heavy atom. The van der Waals surface area contributed by atoms with E-state index in [9.17, 15) is 21.6 Å². The normalized spacial score (nSPS) is 11.5. The van der Waals surface area contributed by atoms with E-state index in [0.717, 1.165) is 10.4 Å². The molecule has 8 heteroatoms. The van der Waals surface area contributed by atoms with Gasteiger partial charge in [-0.2, -0.15) is 0 Å². The highest BCUT2D eigenvalue weighted by Crippen LogP contribution is 2.31. The summed E-state index contributed by atoms with van der Waals surface area (Å²) in [5, 5.41) is 1.54. The van der Waals surface area contributed by atoms with Gasteiger partial charge in [-0.15, -0.1) is 11.3 Å². The molecule has 2 aromatic carbocycles. The van der Waals surface area contributed by atoms with E-state index in [1.807, 2.05) is 30.3 Å². The van der Waals surface area contributed by atoms with Gasteiger partial charge in [0.25, 0.3) is 10.0 Å². The van der Waals surface area contributed by atoms with Crippen LogP contribution in [0.3, 0.4) is 0 Å². The molecule has 0 spiro atoms. The highest BCUT2D eigenvalue weighted by Gasteiger charge is 2.24. The summed E-state index contributed by atoms with van der Waals surface area (Å²) in [6.07, 6.45) is 0. The molecule has 0 bridgehead atoms. The first-order valence-corrected chi connectivity index (χ1v) is 9.05. The molecule has 0 atom stereocenters. The number of anilines is 1. The quantitative estimate of drug-likeness (QED) is 0.682. The fourth-order valence-corrected chi connectivity index (χ4v) is 4.10. The van der Waals surface area contributed by atoms with E-state index < -0.39 is 32.4 Å². The molecule has 0 saturated heterocycles. The summed E-state index contributed by atoms with van der Waals surface area (Å²) in [5.74, 6) is -5.03. The molecule has 124 valence electrons. The van der Waals surface area contributed by atoms with Gasteiger partial charge < -0.3 is 0 Å². The Kier molecular flexibility index (Phi) is 4.33. The first-order valence-electron chi connectivity index (χ1n) is 6.69. The Labute approximate surface area is 140 Å². The Morgan fingerprint density at radius 3 is 2.33 bits per heavy atom. The lowest BCUT2D eigenvalue weighted by Crippen LogP contribution is -2.15. The zero-order valence-corrected chi connectivity index (χ0v) is 13.6. The monoisotopic (exact) mass is 369 g/mol. The topological polar surface area (TPSA) is 46.2 Å². The summed E-state index contributed by atoms with van der Waals surface area (Å²) in [6.45, 7) is 0. The Hall–Kier alpha value is -2.32. The minimum absolute atomic E-state index is 0.211. The molecular weight excluding hydrogens is 359 g/mol. The van der Waals surface area contributed by atoms with E-state index in [4.69, 9.17) is 0 Å². The lowest BCUT2D eigenvalue weighted by atomic mass is 10.2. The van der Waals surface area contributed by atoms with E-state index in [-0.39, 0.29) is 5.69 Å². The molecule has 0 unspecified atom stereocenters. The summed E-state index contributed by atoms with van der Waals surface area (Å²) in [7, 11) is -4.38. The fraction of sp³-hybridized carbons (Fsp3) is 0. The average molecular weight is 369 g/mol. The molecular formula is C16H10F3NO2S2. The van der Waals surface area contributed by atoms with Crippen LogP contribution in [0, 0.1) is 17.5 Å². The molecule has 1 aromatic heterocycles. The first-order chi connectivity index (χ1) is 11.4. The largest absolute Gasteiger partial charge is 0.279 e. The maximum absolute atomic E-state index is 13.7.